The molecule has 0 fully saturated rings. The van der Waals surface area contributed by atoms with Crippen LogP contribution in [0.5, 0.6) is 0 Å². The number of carbonyl (C=O) groups excluding carboxylic acids is 1. The summed E-state index contributed by atoms with van der Waals surface area (Å²) in [6, 6.07) is 0. The van der Waals surface area contributed by atoms with Crippen LogP contribution in [0, 0.1) is 0 Å². The first-order chi connectivity index (χ1) is 4.31. The quantitative estimate of drug-likeness (QED) is 0.446. The summed E-state index contributed by atoms with van der Waals surface area (Å²) in [5, 5.41) is 2.51. The van der Waals surface area contributed by atoms with E-state index in [-0.39, 0.29) is 0 Å². The number of amides is 1. The smallest absolute Gasteiger partial charge is 0.211 e. The molecule has 2 heteroatoms. The van der Waals surface area contributed by atoms with Crippen molar-refractivity contribution >= 4 is 6.41 Å². The number of rotatable bonds is 3. The first-order valence-electron chi connectivity index (χ1n) is 2.81. The summed E-state index contributed by atoms with van der Waals surface area (Å²) in [4.78, 5) is 9.80. The predicted octanol–water partition coefficient (Wildman–Crippen LogP) is 1.21. The molecule has 0 radical (unpaired) electrons. The molecule has 0 aromatic rings. The van der Waals surface area contributed by atoms with Crippen molar-refractivity contribution in [2.45, 2.75) is 13.8 Å². The molecule has 0 heterocycles. The van der Waals surface area contributed by atoms with Crippen molar-refractivity contribution < 1.29 is 4.79 Å². The fourth-order valence-electron chi connectivity index (χ4n) is 0.382. The van der Waals surface area contributed by atoms with Gasteiger partial charge in [-0.1, -0.05) is 12.2 Å². The van der Waals surface area contributed by atoms with Crippen molar-refractivity contribution in [1.82, 2.24) is 5.32 Å². The van der Waals surface area contributed by atoms with Gasteiger partial charge >= 0.3 is 0 Å². The fraction of sp³-hybridized carbons (Fsp3) is 0.286. The molecule has 50 valence electrons. The lowest BCUT2D eigenvalue weighted by molar-refractivity contribution is -0.108. The maximum atomic E-state index is 9.80. The Balaban J connectivity index is 3.68. The molecule has 0 spiro atoms. The molecule has 1 N–H and O–H groups in total. The Morgan fingerprint density at radius 2 is 2.22 bits per heavy atom. The average molecular weight is 125 g/mol. The maximum absolute atomic E-state index is 9.80. The summed E-state index contributed by atoms with van der Waals surface area (Å²) < 4.78 is 0. The molecule has 0 saturated carbocycles. The van der Waals surface area contributed by atoms with Gasteiger partial charge in [0.1, 0.15) is 0 Å². The van der Waals surface area contributed by atoms with Crippen LogP contribution >= 0.6 is 0 Å². The molecule has 0 saturated heterocycles. The molecule has 0 aromatic carbocycles. The van der Waals surface area contributed by atoms with Gasteiger partial charge in [0.15, 0.2) is 0 Å². The van der Waals surface area contributed by atoms with Gasteiger partial charge in [0.25, 0.3) is 0 Å². The zero-order chi connectivity index (χ0) is 7.11. The highest BCUT2D eigenvalue weighted by molar-refractivity contribution is 5.49. The minimum Gasteiger partial charge on any atom is -0.333 e. The molecule has 0 bridgehead atoms. The highest BCUT2D eigenvalue weighted by Gasteiger charge is 1.77. The Hall–Kier alpha value is -1.05. The third-order valence-corrected chi connectivity index (χ3v) is 0.825. The lowest BCUT2D eigenvalue weighted by Gasteiger charge is -1.91. The number of hydrogen-bond acceptors (Lipinski definition) is 1. The molecular weight excluding hydrogens is 114 g/mol. The summed E-state index contributed by atoms with van der Waals surface area (Å²) in [6.45, 7) is 3.75. The van der Waals surface area contributed by atoms with E-state index in [9.17, 15) is 4.79 Å². The van der Waals surface area contributed by atoms with Gasteiger partial charge < -0.3 is 5.32 Å². The zero-order valence-electron chi connectivity index (χ0n) is 5.72. The molecule has 0 unspecified atom stereocenters. The van der Waals surface area contributed by atoms with E-state index >= 15 is 0 Å². The van der Waals surface area contributed by atoms with Crippen LogP contribution in [0.1, 0.15) is 13.8 Å². The van der Waals surface area contributed by atoms with Crippen LogP contribution in [0.2, 0.25) is 0 Å². The summed E-state index contributed by atoms with van der Waals surface area (Å²) in [7, 11) is 0. The molecule has 1 amide bonds. The monoisotopic (exact) mass is 125 g/mol. The lowest BCUT2D eigenvalue weighted by atomic mass is 10.4. The highest BCUT2D eigenvalue weighted by atomic mass is 16.1. The van der Waals surface area contributed by atoms with E-state index in [1.165, 1.54) is 0 Å². The van der Waals surface area contributed by atoms with E-state index < -0.39 is 0 Å². The second-order valence-corrected chi connectivity index (χ2v) is 1.64. The minimum absolute atomic E-state index is 0.662. The number of allylic oxidation sites excluding steroid dienone is 4. The predicted molar refractivity (Wildman–Crippen MR) is 37.8 cm³/mol. The standard InChI is InChI=1S/C7H11NO/c1-3-4-5-7(2)8-6-9/h3-6H,1-2H3,(H,8,9)/b4-3-,7-5+. The van der Waals surface area contributed by atoms with Crippen molar-refractivity contribution in [2.75, 3.05) is 0 Å². The summed E-state index contributed by atoms with van der Waals surface area (Å²) >= 11 is 0. The Labute approximate surface area is 55.3 Å². The summed E-state index contributed by atoms with van der Waals surface area (Å²) in [5.41, 5.74) is 0.850. The van der Waals surface area contributed by atoms with Crippen molar-refractivity contribution in [3.05, 3.63) is 23.9 Å². The van der Waals surface area contributed by atoms with Crippen molar-refractivity contribution in [2.24, 2.45) is 0 Å². The summed E-state index contributed by atoms with van der Waals surface area (Å²) in [5.74, 6) is 0. The Morgan fingerprint density at radius 1 is 1.56 bits per heavy atom. The Morgan fingerprint density at radius 3 is 2.67 bits per heavy atom. The molecule has 0 aliphatic heterocycles. The van der Waals surface area contributed by atoms with E-state index in [0.717, 1.165) is 5.70 Å². The van der Waals surface area contributed by atoms with Crippen molar-refractivity contribution in [3.8, 4) is 0 Å². The molecule has 0 aliphatic carbocycles. The first-order valence-corrected chi connectivity index (χ1v) is 2.81. The van der Waals surface area contributed by atoms with E-state index in [4.69, 9.17) is 0 Å². The van der Waals surface area contributed by atoms with Crippen molar-refractivity contribution in [3.63, 3.8) is 0 Å². The lowest BCUT2D eigenvalue weighted by Crippen LogP contribution is -2.05. The maximum Gasteiger partial charge on any atom is 0.211 e. The fourth-order valence-corrected chi connectivity index (χ4v) is 0.382. The topological polar surface area (TPSA) is 29.1 Å². The van der Waals surface area contributed by atoms with Crippen LogP contribution in [0.15, 0.2) is 23.9 Å². The second-order valence-electron chi connectivity index (χ2n) is 1.64. The average Bonchev–Trinajstić information content (AvgIpc) is 1.85. The zero-order valence-corrected chi connectivity index (χ0v) is 5.72. The molecule has 0 rings (SSSR count). The van der Waals surface area contributed by atoms with Crippen LogP contribution in [0.3, 0.4) is 0 Å². The van der Waals surface area contributed by atoms with E-state index in [1.54, 1.807) is 0 Å². The number of hydrogen-bond donors (Lipinski definition) is 1. The van der Waals surface area contributed by atoms with Crippen LogP contribution in [-0.2, 0) is 4.79 Å². The summed E-state index contributed by atoms with van der Waals surface area (Å²) in [6.07, 6.45) is 6.26. The molecule has 0 aliphatic rings. The SMILES string of the molecule is C/C=C\C=C(/C)NC=O. The normalized spacial score (nSPS) is 12.0. The molecule has 0 atom stereocenters. The van der Waals surface area contributed by atoms with Gasteiger partial charge in [-0.3, -0.25) is 4.79 Å². The molecule has 0 aromatic heterocycles. The van der Waals surface area contributed by atoms with Gasteiger partial charge in [0.05, 0.1) is 0 Å². The van der Waals surface area contributed by atoms with E-state index in [0.29, 0.717) is 6.41 Å². The third kappa shape index (κ3) is 4.81. The second kappa shape index (κ2) is 5.09. The van der Waals surface area contributed by atoms with Crippen molar-refractivity contribution in [1.29, 1.82) is 0 Å². The van der Waals surface area contributed by atoms with E-state index in [1.807, 2.05) is 32.1 Å². The Bertz CT molecular complexity index is 136. The third-order valence-electron chi connectivity index (χ3n) is 0.825. The van der Waals surface area contributed by atoms with Crippen LogP contribution in [0.25, 0.3) is 0 Å². The Kier molecular flexibility index (Phi) is 4.50. The van der Waals surface area contributed by atoms with Gasteiger partial charge in [-0.2, -0.15) is 0 Å². The number of carbonyl (C=O) groups is 1. The minimum atomic E-state index is 0.662. The molecule has 2 nitrogen and oxygen atoms in total. The van der Waals surface area contributed by atoms with Crippen LogP contribution in [0.4, 0.5) is 0 Å². The molecular formula is C7H11NO. The van der Waals surface area contributed by atoms with Gasteiger partial charge in [-0.15, -0.1) is 0 Å². The first kappa shape index (κ1) is 7.95. The van der Waals surface area contributed by atoms with Gasteiger partial charge in [0.2, 0.25) is 6.41 Å². The van der Waals surface area contributed by atoms with Crippen LogP contribution < -0.4 is 5.32 Å². The van der Waals surface area contributed by atoms with Gasteiger partial charge in [0, 0.05) is 5.70 Å². The largest absolute Gasteiger partial charge is 0.333 e. The molecule has 9 heavy (non-hydrogen) atoms. The number of nitrogens with one attached hydrogen (secondary N) is 1. The van der Waals surface area contributed by atoms with Crippen LogP contribution in [-0.4, -0.2) is 6.41 Å². The highest BCUT2D eigenvalue weighted by Crippen LogP contribution is 1.84. The van der Waals surface area contributed by atoms with E-state index in [2.05, 4.69) is 5.32 Å². The van der Waals surface area contributed by atoms with Gasteiger partial charge in [-0.25, -0.2) is 0 Å². The van der Waals surface area contributed by atoms with Gasteiger partial charge in [-0.05, 0) is 19.9 Å².